The van der Waals surface area contributed by atoms with Crippen LogP contribution in [0.5, 0.6) is 0 Å². The summed E-state index contributed by atoms with van der Waals surface area (Å²) >= 11 is 0. The lowest BCUT2D eigenvalue weighted by Gasteiger charge is -2.50. The van der Waals surface area contributed by atoms with Gasteiger partial charge in [0, 0.05) is 19.8 Å². The first-order chi connectivity index (χ1) is 40.4. The Labute approximate surface area is 499 Å². The molecule has 0 saturated carbocycles. The SMILES string of the molecule is CCCCCCCC/C=C\CCCCCCCCCC(=O)NC(COC1OC(CO)C(OC2OC(CO)C(O)C(OC3(C(=O)O)CC(O)C(NC(C)=O)C(C(O)C(O)CO)O3)C2O)C(O)C1O)C(O)CCCCCCCCCCCCCCC. The Bertz CT molecular complexity index is 1770. The molecule has 3 saturated heterocycles. The summed E-state index contributed by atoms with van der Waals surface area (Å²) in [6.45, 7) is 2.17. The first-order valence-electron chi connectivity index (χ1n) is 32.0. The highest BCUT2D eigenvalue weighted by Gasteiger charge is 2.60. The quantitative estimate of drug-likeness (QED) is 0.0303. The second-order valence-electron chi connectivity index (χ2n) is 23.6. The summed E-state index contributed by atoms with van der Waals surface area (Å²) in [5.74, 6) is -6.11. The highest BCUT2D eigenvalue weighted by Crippen LogP contribution is 2.38. The number of carbonyl (C=O) groups is 3. The number of carboxylic acid groups (broad SMARTS) is 1. The van der Waals surface area contributed by atoms with E-state index in [4.69, 9.17) is 28.4 Å². The van der Waals surface area contributed by atoms with Gasteiger partial charge in [-0.15, -0.1) is 0 Å². The molecule has 3 heterocycles. The minimum absolute atomic E-state index is 0.219. The summed E-state index contributed by atoms with van der Waals surface area (Å²) < 4.78 is 34.8. The lowest BCUT2D eigenvalue weighted by atomic mass is 9.88. The predicted octanol–water partition coefficient (Wildman–Crippen LogP) is 3.95. The van der Waals surface area contributed by atoms with Crippen molar-refractivity contribution in [3.05, 3.63) is 12.2 Å². The largest absolute Gasteiger partial charge is 0.477 e. The first-order valence-corrected chi connectivity index (χ1v) is 32.0. The van der Waals surface area contributed by atoms with Crippen LogP contribution in [0.1, 0.15) is 220 Å². The van der Waals surface area contributed by atoms with Crippen molar-refractivity contribution in [2.24, 2.45) is 0 Å². The van der Waals surface area contributed by atoms with Gasteiger partial charge in [-0.3, -0.25) is 9.59 Å². The molecule has 0 aromatic heterocycles. The molecule has 23 heteroatoms. The number of ether oxygens (including phenoxy) is 6. The van der Waals surface area contributed by atoms with Gasteiger partial charge in [-0.2, -0.15) is 0 Å². The summed E-state index contributed by atoms with van der Waals surface area (Å²) in [4.78, 5) is 38.4. The number of rotatable bonds is 47. The zero-order valence-corrected chi connectivity index (χ0v) is 50.8. The third kappa shape index (κ3) is 26.7. The van der Waals surface area contributed by atoms with E-state index in [9.17, 15) is 75.7 Å². The molecule has 492 valence electrons. The Morgan fingerprint density at radius 1 is 0.607 bits per heavy atom. The topological polar surface area (TPSA) is 373 Å². The molecular weight excluding hydrogens is 1100 g/mol. The lowest BCUT2D eigenvalue weighted by molar-refractivity contribution is -0.386. The lowest BCUT2D eigenvalue weighted by Crippen LogP contribution is -2.70. The van der Waals surface area contributed by atoms with Gasteiger partial charge in [-0.25, -0.2) is 4.79 Å². The van der Waals surface area contributed by atoms with Crippen LogP contribution in [0.3, 0.4) is 0 Å². The van der Waals surface area contributed by atoms with Crippen LogP contribution in [-0.2, 0) is 42.8 Å². The summed E-state index contributed by atoms with van der Waals surface area (Å²) in [5, 5.41) is 136. The number of allylic oxidation sites excluding steroid dienone is 2. The maximum absolute atomic E-state index is 13.4. The van der Waals surface area contributed by atoms with Crippen molar-refractivity contribution < 1.29 is 104 Å². The van der Waals surface area contributed by atoms with Gasteiger partial charge in [0.15, 0.2) is 12.6 Å². The summed E-state index contributed by atoms with van der Waals surface area (Å²) in [5.41, 5.74) is 0. The molecule has 0 aromatic carbocycles. The molecule has 0 bridgehead atoms. The molecule has 0 aromatic rings. The van der Waals surface area contributed by atoms with E-state index >= 15 is 0 Å². The third-order valence-corrected chi connectivity index (χ3v) is 16.5. The van der Waals surface area contributed by atoms with Crippen LogP contribution in [0.25, 0.3) is 0 Å². The number of nitrogens with one attached hydrogen (secondary N) is 2. The van der Waals surface area contributed by atoms with E-state index in [1.54, 1.807) is 0 Å². The Hall–Kier alpha value is -2.53. The number of aliphatic hydroxyl groups excluding tert-OH is 11. The number of hydrogen-bond acceptors (Lipinski definition) is 20. The fourth-order valence-electron chi connectivity index (χ4n) is 11.3. The highest BCUT2D eigenvalue weighted by molar-refractivity contribution is 5.77. The molecule has 84 heavy (non-hydrogen) atoms. The van der Waals surface area contributed by atoms with Gasteiger partial charge in [0.25, 0.3) is 5.79 Å². The Kier molecular flexibility index (Phi) is 38.9. The van der Waals surface area contributed by atoms with Gasteiger partial charge in [0.1, 0.15) is 67.1 Å². The summed E-state index contributed by atoms with van der Waals surface area (Å²) in [6.07, 6.45) is 7.98. The van der Waals surface area contributed by atoms with E-state index in [0.717, 1.165) is 84.0 Å². The van der Waals surface area contributed by atoms with Gasteiger partial charge in [0.05, 0.1) is 50.7 Å². The fourth-order valence-corrected chi connectivity index (χ4v) is 11.3. The van der Waals surface area contributed by atoms with Gasteiger partial charge in [-0.1, -0.05) is 174 Å². The van der Waals surface area contributed by atoms with Gasteiger partial charge >= 0.3 is 5.97 Å². The maximum Gasteiger partial charge on any atom is 0.364 e. The maximum atomic E-state index is 13.4. The van der Waals surface area contributed by atoms with Crippen LogP contribution in [0.15, 0.2) is 12.2 Å². The van der Waals surface area contributed by atoms with Crippen molar-refractivity contribution in [3.63, 3.8) is 0 Å². The Morgan fingerprint density at radius 2 is 1.11 bits per heavy atom. The standard InChI is InChI=1S/C61H112N2O21/c1-4-6-8-10-12-14-16-18-19-20-21-23-25-27-29-31-33-35-48(71)63-42(43(68)34-32-30-28-26-24-22-17-15-13-11-9-7-5-2)40-79-58-53(75)52(74)55(47(39-66)81-58)82-59-54(76)57(51(73)46(38-65)80-59)84-61(60(77)78)36-44(69)49(62-41(3)67)56(83-61)50(72)45(70)37-64/h18-19,42-47,49-59,64-66,68-70,72-76H,4-17,20-40H2,1-3H3,(H,62,67)(H,63,71)(H,77,78)/b19-18-. The monoisotopic (exact) mass is 1210 g/mol. The molecule has 23 nitrogen and oxygen atoms in total. The molecule has 0 radical (unpaired) electrons. The van der Waals surface area contributed by atoms with E-state index in [0.29, 0.717) is 19.3 Å². The molecule has 18 atom stereocenters. The number of unbranched alkanes of at least 4 members (excludes halogenated alkanes) is 25. The molecule has 3 fully saturated rings. The van der Waals surface area contributed by atoms with Crippen molar-refractivity contribution in [2.75, 3.05) is 26.4 Å². The van der Waals surface area contributed by atoms with E-state index in [2.05, 4.69) is 36.6 Å². The predicted molar refractivity (Wildman–Crippen MR) is 311 cm³/mol. The molecule has 2 amide bonds. The normalized spacial score (nSPS) is 29.8. The second-order valence-corrected chi connectivity index (χ2v) is 23.6. The van der Waals surface area contributed by atoms with Crippen LogP contribution >= 0.6 is 0 Å². The van der Waals surface area contributed by atoms with E-state index in [1.165, 1.54) is 89.9 Å². The molecule has 3 aliphatic heterocycles. The summed E-state index contributed by atoms with van der Waals surface area (Å²) in [7, 11) is 0. The number of aliphatic hydroxyl groups is 11. The Balaban J connectivity index is 1.64. The van der Waals surface area contributed by atoms with Crippen LogP contribution in [0, 0.1) is 0 Å². The summed E-state index contributed by atoms with van der Waals surface area (Å²) in [6, 6.07) is -2.53. The van der Waals surface area contributed by atoms with Crippen molar-refractivity contribution >= 4 is 17.8 Å². The third-order valence-electron chi connectivity index (χ3n) is 16.5. The Morgan fingerprint density at radius 3 is 1.61 bits per heavy atom. The van der Waals surface area contributed by atoms with E-state index in [1.807, 2.05) is 0 Å². The first kappa shape index (κ1) is 75.7. The molecule has 14 N–H and O–H groups in total. The van der Waals surface area contributed by atoms with Crippen LogP contribution in [0.2, 0.25) is 0 Å². The average Bonchev–Trinajstić information content (AvgIpc) is 1.44. The number of amides is 2. The van der Waals surface area contributed by atoms with Crippen LogP contribution in [0.4, 0.5) is 0 Å². The zero-order chi connectivity index (χ0) is 61.9. The molecule has 0 spiro atoms. The molecule has 18 unspecified atom stereocenters. The number of hydrogen-bond donors (Lipinski definition) is 14. The average molecular weight is 1210 g/mol. The molecule has 0 aliphatic carbocycles. The molecule has 3 aliphatic rings. The number of carboxylic acids is 1. The van der Waals surface area contributed by atoms with Crippen molar-refractivity contribution in [2.45, 2.75) is 330 Å². The number of carbonyl (C=O) groups excluding carboxylic acids is 2. The van der Waals surface area contributed by atoms with Crippen LogP contribution in [-0.4, -0.2) is 215 Å². The minimum Gasteiger partial charge on any atom is -0.477 e. The highest BCUT2D eigenvalue weighted by atomic mass is 16.8. The molecule has 3 rings (SSSR count). The van der Waals surface area contributed by atoms with E-state index in [-0.39, 0.29) is 18.9 Å². The second kappa shape index (κ2) is 43.2. The van der Waals surface area contributed by atoms with Crippen molar-refractivity contribution in [1.82, 2.24) is 10.6 Å². The van der Waals surface area contributed by atoms with Gasteiger partial charge in [-0.05, 0) is 38.5 Å². The molecular formula is C61H112N2O21. The zero-order valence-electron chi connectivity index (χ0n) is 50.8. The van der Waals surface area contributed by atoms with Gasteiger partial charge < -0.3 is 100 Å². The minimum atomic E-state index is -3.08. The van der Waals surface area contributed by atoms with Gasteiger partial charge in [0.2, 0.25) is 11.8 Å². The smallest absolute Gasteiger partial charge is 0.364 e. The van der Waals surface area contributed by atoms with E-state index < -0.39 is 148 Å². The fraction of sp³-hybridized carbons (Fsp3) is 0.918. The van der Waals surface area contributed by atoms with Crippen molar-refractivity contribution in [3.8, 4) is 0 Å². The van der Waals surface area contributed by atoms with Crippen LogP contribution < -0.4 is 10.6 Å². The number of aliphatic carboxylic acids is 1. The van der Waals surface area contributed by atoms with Crippen molar-refractivity contribution in [1.29, 1.82) is 0 Å².